The van der Waals surface area contributed by atoms with Crippen molar-refractivity contribution in [2.24, 2.45) is 0 Å². The highest BCUT2D eigenvalue weighted by atomic mass is 79.9. The first kappa shape index (κ1) is 9.93. The van der Waals surface area contributed by atoms with Gasteiger partial charge >= 0.3 is 0 Å². The Morgan fingerprint density at radius 1 is 1.43 bits per heavy atom. The smallest absolute Gasteiger partial charge is 0.135 e. The fraction of sp³-hybridized carbons (Fsp3) is 0.200. The van der Waals surface area contributed by atoms with Crippen LogP contribution >= 0.6 is 15.9 Å². The molecule has 1 atom stereocenters. The van der Waals surface area contributed by atoms with Crippen molar-refractivity contribution in [1.82, 2.24) is 0 Å². The molecule has 0 saturated heterocycles. The van der Waals surface area contributed by atoms with Crippen LogP contribution in [0, 0.1) is 6.92 Å². The second kappa shape index (κ2) is 3.51. The molecule has 1 aromatic heterocycles. The van der Waals surface area contributed by atoms with E-state index < -0.39 is 10.8 Å². The van der Waals surface area contributed by atoms with Gasteiger partial charge in [0, 0.05) is 16.1 Å². The highest BCUT2D eigenvalue weighted by molar-refractivity contribution is 9.10. The number of furan rings is 1. The van der Waals surface area contributed by atoms with Crippen LogP contribution in [0.1, 0.15) is 5.76 Å². The third-order valence-electron chi connectivity index (χ3n) is 2.06. The summed E-state index contributed by atoms with van der Waals surface area (Å²) in [6, 6.07) is 5.72. The van der Waals surface area contributed by atoms with Crippen molar-refractivity contribution in [1.29, 1.82) is 0 Å². The van der Waals surface area contributed by atoms with Crippen LogP contribution in [0.5, 0.6) is 0 Å². The summed E-state index contributed by atoms with van der Waals surface area (Å²) in [6.45, 7) is 1.84. The van der Waals surface area contributed by atoms with Crippen molar-refractivity contribution in [3.8, 4) is 0 Å². The summed E-state index contributed by atoms with van der Waals surface area (Å²) in [7, 11) is -1.01. The van der Waals surface area contributed by atoms with E-state index >= 15 is 0 Å². The van der Waals surface area contributed by atoms with Crippen LogP contribution < -0.4 is 0 Å². The molecule has 0 aliphatic heterocycles. The van der Waals surface area contributed by atoms with Gasteiger partial charge in [-0.15, -0.1) is 0 Å². The number of aryl methyl sites for hydroxylation is 1. The van der Waals surface area contributed by atoms with E-state index in [4.69, 9.17) is 4.42 Å². The van der Waals surface area contributed by atoms with E-state index in [9.17, 15) is 4.21 Å². The Bertz CT molecular complexity index is 516. The van der Waals surface area contributed by atoms with Gasteiger partial charge in [0.2, 0.25) is 0 Å². The minimum Gasteiger partial charge on any atom is -0.460 e. The number of rotatable bonds is 1. The zero-order valence-electron chi connectivity index (χ0n) is 7.83. The van der Waals surface area contributed by atoms with Crippen LogP contribution in [0.2, 0.25) is 0 Å². The van der Waals surface area contributed by atoms with E-state index in [1.54, 1.807) is 6.26 Å². The van der Waals surface area contributed by atoms with Gasteiger partial charge < -0.3 is 4.42 Å². The van der Waals surface area contributed by atoms with Gasteiger partial charge in [-0.2, -0.15) is 0 Å². The van der Waals surface area contributed by atoms with Crippen molar-refractivity contribution < 1.29 is 8.63 Å². The Hall–Kier alpha value is -0.610. The van der Waals surface area contributed by atoms with Crippen molar-refractivity contribution >= 4 is 37.7 Å². The van der Waals surface area contributed by atoms with Crippen molar-refractivity contribution in [3.05, 3.63) is 28.4 Å². The van der Waals surface area contributed by atoms with Gasteiger partial charge in [-0.05, 0) is 25.1 Å². The molecule has 0 unspecified atom stereocenters. The van der Waals surface area contributed by atoms with E-state index in [2.05, 4.69) is 15.9 Å². The Labute approximate surface area is 92.9 Å². The first-order valence-electron chi connectivity index (χ1n) is 4.11. The second-order valence-corrected chi connectivity index (χ2v) is 5.31. The Kier molecular flexibility index (Phi) is 2.49. The van der Waals surface area contributed by atoms with Gasteiger partial charge in [-0.25, -0.2) is 0 Å². The first-order chi connectivity index (χ1) is 6.59. The quantitative estimate of drug-likeness (QED) is 0.798. The zero-order valence-corrected chi connectivity index (χ0v) is 10.2. The zero-order chi connectivity index (χ0) is 10.3. The average Bonchev–Trinajstić information content (AvgIpc) is 2.40. The summed E-state index contributed by atoms with van der Waals surface area (Å²) in [5.41, 5.74) is 0.788. The SMILES string of the molecule is Cc1oc2ccc(Br)cc2c1[S@](C)=O. The molecule has 0 radical (unpaired) electrons. The van der Waals surface area contributed by atoms with E-state index in [0.717, 1.165) is 26.1 Å². The van der Waals surface area contributed by atoms with Crippen LogP contribution in [-0.2, 0) is 10.8 Å². The van der Waals surface area contributed by atoms with Crippen LogP contribution in [0.15, 0.2) is 32.0 Å². The summed E-state index contributed by atoms with van der Waals surface area (Å²) in [5, 5.41) is 0.928. The maximum Gasteiger partial charge on any atom is 0.135 e. The standard InChI is InChI=1S/C10H9BrO2S/c1-6-10(14(2)12)8-5-7(11)3-4-9(8)13-6/h3-5H,1-2H3/t14-/m0/s1. The highest BCUT2D eigenvalue weighted by Gasteiger charge is 2.13. The monoisotopic (exact) mass is 272 g/mol. The Balaban J connectivity index is 2.86. The molecule has 0 fully saturated rings. The van der Waals surface area contributed by atoms with Crippen LogP contribution in [-0.4, -0.2) is 10.5 Å². The minimum atomic E-state index is -1.01. The lowest BCUT2D eigenvalue weighted by molar-refractivity contribution is 0.566. The molecule has 0 amide bonds. The van der Waals surface area contributed by atoms with Crippen molar-refractivity contribution in [2.45, 2.75) is 11.8 Å². The van der Waals surface area contributed by atoms with Crippen LogP contribution in [0.25, 0.3) is 11.0 Å². The van der Waals surface area contributed by atoms with E-state index in [0.29, 0.717) is 0 Å². The molecule has 1 heterocycles. The Morgan fingerprint density at radius 3 is 2.79 bits per heavy atom. The fourth-order valence-electron chi connectivity index (χ4n) is 1.53. The summed E-state index contributed by atoms with van der Waals surface area (Å²) in [4.78, 5) is 0.793. The molecule has 0 saturated carbocycles. The molecule has 2 aromatic rings. The second-order valence-electron chi connectivity index (χ2n) is 3.08. The molecule has 0 aliphatic rings. The topological polar surface area (TPSA) is 30.2 Å². The maximum atomic E-state index is 11.5. The summed E-state index contributed by atoms with van der Waals surface area (Å²) in [6.07, 6.45) is 1.66. The first-order valence-corrected chi connectivity index (χ1v) is 6.47. The lowest BCUT2D eigenvalue weighted by Crippen LogP contribution is -1.87. The molecule has 14 heavy (non-hydrogen) atoms. The number of halogens is 1. The number of hydrogen-bond acceptors (Lipinski definition) is 2. The maximum absolute atomic E-state index is 11.5. The number of hydrogen-bond donors (Lipinski definition) is 0. The molecule has 2 nitrogen and oxygen atoms in total. The third kappa shape index (κ3) is 1.53. The predicted octanol–water partition coefficient (Wildman–Crippen LogP) is 3.24. The van der Waals surface area contributed by atoms with Gasteiger partial charge in [0.1, 0.15) is 11.3 Å². The average molecular weight is 273 g/mol. The van der Waals surface area contributed by atoms with E-state index in [1.165, 1.54) is 0 Å². The molecular formula is C10H9BrO2S. The minimum absolute atomic E-state index is 0.735. The largest absolute Gasteiger partial charge is 0.460 e. The van der Waals surface area contributed by atoms with Gasteiger partial charge in [0.05, 0.1) is 15.7 Å². The predicted molar refractivity (Wildman–Crippen MR) is 61.0 cm³/mol. The molecule has 74 valence electrons. The molecule has 4 heteroatoms. The van der Waals surface area contributed by atoms with Gasteiger partial charge in [0.15, 0.2) is 0 Å². The summed E-state index contributed by atoms with van der Waals surface area (Å²) < 4.78 is 18.0. The van der Waals surface area contributed by atoms with Crippen molar-refractivity contribution in [2.75, 3.05) is 6.26 Å². The van der Waals surface area contributed by atoms with E-state index in [-0.39, 0.29) is 0 Å². The van der Waals surface area contributed by atoms with E-state index in [1.807, 2.05) is 25.1 Å². The molecule has 1 aromatic carbocycles. The molecular weight excluding hydrogens is 264 g/mol. The van der Waals surface area contributed by atoms with Crippen LogP contribution in [0.4, 0.5) is 0 Å². The molecule has 0 N–H and O–H groups in total. The lowest BCUT2D eigenvalue weighted by Gasteiger charge is -1.93. The lowest BCUT2D eigenvalue weighted by atomic mass is 10.2. The molecule has 0 bridgehead atoms. The third-order valence-corrected chi connectivity index (χ3v) is 3.63. The normalized spacial score (nSPS) is 13.4. The van der Waals surface area contributed by atoms with Gasteiger partial charge in [-0.3, -0.25) is 4.21 Å². The van der Waals surface area contributed by atoms with Gasteiger partial charge in [0.25, 0.3) is 0 Å². The van der Waals surface area contributed by atoms with Crippen molar-refractivity contribution in [3.63, 3.8) is 0 Å². The molecule has 0 aliphatic carbocycles. The number of fused-ring (bicyclic) bond motifs is 1. The number of benzene rings is 1. The Morgan fingerprint density at radius 2 is 2.14 bits per heavy atom. The van der Waals surface area contributed by atoms with Gasteiger partial charge in [-0.1, -0.05) is 15.9 Å². The summed E-state index contributed by atoms with van der Waals surface area (Å²) in [5.74, 6) is 0.735. The molecule has 2 rings (SSSR count). The highest BCUT2D eigenvalue weighted by Crippen LogP contribution is 2.30. The van der Waals surface area contributed by atoms with Crippen LogP contribution in [0.3, 0.4) is 0 Å². The fourth-order valence-corrected chi connectivity index (χ4v) is 2.80. The summed E-state index contributed by atoms with van der Waals surface area (Å²) >= 11 is 3.38. The molecule has 0 spiro atoms.